The van der Waals surface area contributed by atoms with E-state index >= 15 is 0 Å². The highest BCUT2D eigenvalue weighted by Gasteiger charge is 2.22. The number of rotatable bonds is 4. The van der Waals surface area contributed by atoms with Crippen LogP contribution in [0.15, 0.2) is 24.5 Å². The number of carbonyl (C=O) groups is 2. The number of nitrogens with one attached hydrogen (secondary N) is 2. The highest BCUT2D eigenvalue weighted by Crippen LogP contribution is 2.19. The predicted molar refractivity (Wildman–Crippen MR) is 93.0 cm³/mol. The smallest absolute Gasteiger partial charge is 0.339 e. The SMILES string of the molecule is COC(=O)c1c(C)[nH]c(C(=O)NCc2cn3cc(Cl)ccc3n2)c1C. The molecule has 0 bridgehead atoms. The number of H-pyrrole nitrogens is 1. The molecule has 0 radical (unpaired) electrons. The van der Waals surface area contributed by atoms with Gasteiger partial charge in [0.2, 0.25) is 0 Å². The molecular weight excluding hydrogens is 344 g/mol. The predicted octanol–water partition coefficient (Wildman–Crippen LogP) is 2.65. The monoisotopic (exact) mass is 360 g/mol. The Morgan fingerprint density at radius 1 is 1.32 bits per heavy atom. The number of esters is 1. The van der Waals surface area contributed by atoms with E-state index in [1.165, 1.54) is 7.11 Å². The average molecular weight is 361 g/mol. The van der Waals surface area contributed by atoms with Gasteiger partial charge in [-0.3, -0.25) is 4.79 Å². The Morgan fingerprint density at radius 3 is 2.80 bits per heavy atom. The molecule has 0 fully saturated rings. The van der Waals surface area contributed by atoms with Crippen molar-refractivity contribution in [1.29, 1.82) is 0 Å². The second kappa shape index (κ2) is 6.60. The van der Waals surface area contributed by atoms with E-state index in [9.17, 15) is 9.59 Å². The van der Waals surface area contributed by atoms with Gasteiger partial charge in [0.1, 0.15) is 11.3 Å². The van der Waals surface area contributed by atoms with Gasteiger partial charge < -0.3 is 19.4 Å². The van der Waals surface area contributed by atoms with Crippen LogP contribution in [0.3, 0.4) is 0 Å². The third-order valence-corrected chi connectivity index (χ3v) is 4.17. The summed E-state index contributed by atoms with van der Waals surface area (Å²) in [7, 11) is 1.31. The Morgan fingerprint density at radius 2 is 2.08 bits per heavy atom. The highest BCUT2D eigenvalue weighted by molar-refractivity contribution is 6.30. The van der Waals surface area contributed by atoms with Gasteiger partial charge >= 0.3 is 5.97 Å². The molecule has 3 aromatic heterocycles. The number of carbonyl (C=O) groups excluding carboxylic acids is 2. The van der Waals surface area contributed by atoms with E-state index < -0.39 is 5.97 Å². The molecule has 0 aliphatic carbocycles. The van der Waals surface area contributed by atoms with E-state index in [1.807, 2.05) is 0 Å². The molecule has 0 unspecified atom stereocenters. The maximum atomic E-state index is 12.4. The molecule has 0 aliphatic heterocycles. The van der Waals surface area contributed by atoms with Gasteiger partial charge in [-0.1, -0.05) is 11.6 Å². The number of nitrogens with zero attached hydrogens (tertiary/aromatic N) is 2. The summed E-state index contributed by atoms with van der Waals surface area (Å²) in [5.41, 5.74) is 3.32. The van der Waals surface area contributed by atoms with Crippen LogP contribution in [0.5, 0.6) is 0 Å². The first-order chi connectivity index (χ1) is 11.9. The number of aryl methyl sites for hydroxylation is 1. The zero-order valence-electron chi connectivity index (χ0n) is 14.0. The van der Waals surface area contributed by atoms with Crippen molar-refractivity contribution in [3.05, 3.63) is 57.8 Å². The van der Waals surface area contributed by atoms with Crippen molar-refractivity contribution in [3.63, 3.8) is 0 Å². The molecule has 0 saturated heterocycles. The second-order valence-corrected chi connectivity index (χ2v) is 6.08. The van der Waals surface area contributed by atoms with E-state index in [0.29, 0.717) is 33.2 Å². The highest BCUT2D eigenvalue weighted by atomic mass is 35.5. The van der Waals surface area contributed by atoms with Crippen LogP contribution in [0.2, 0.25) is 5.02 Å². The number of pyridine rings is 1. The molecule has 3 rings (SSSR count). The van der Waals surface area contributed by atoms with Crippen LogP contribution in [0.1, 0.15) is 37.8 Å². The van der Waals surface area contributed by atoms with E-state index in [0.717, 1.165) is 5.65 Å². The molecule has 0 saturated carbocycles. The van der Waals surface area contributed by atoms with Gasteiger partial charge in [0.05, 0.1) is 29.9 Å². The summed E-state index contributed by atoms with van der Waals surface area (Å²) in [4.78, 5) is 31.6. The van der Waals surface area contributed by atoms with Crippen LogP contribution in [-0.4, -0.2) is 33.4 Å². The number of hydrogen-bond acceptors (Lipinski definition) is 4. The number of imidazole rings is 1. The fraction of sp³-hybridized carbons (Fsp3) is 0.235. The molecule has 2 N–H and O–H groups in total. The van der Waals surface area contributed by atoms with Gasteiger partial charge in [-0.15, -0.1) is 0 Å². The average Bonchev–Trinajstić information content (AvgIpc) is 3.11. The minimum absolute atomic E-state index is 0.253. The van der Waals surface area contributed by atoms with E-state index in [1.54, 1.807) is 42.8 Å². The minimum Gasteiger partial charge on any atom is -0.465 e. The molecule has 25 heavy (non-hydrogen) atoms. The van der Waals surface area contributed by atoms with Crippen LogP contribution >= 0.6 is 11.6 Å². The lowest BCUT2D eigenvalue weighted by Crippen LogP contribution is -2.24. The number of methoxy groups -OCH3 is 1. The summed E-state index contributed by atoms with van der Waals surface area (Å²) < 4.78 is 6.54. The van der Waals surface area contributed by atoms with Crippen LogP contribution in [0.4, 0.5) is 0 Å². The van der Waals surface area contributed by atoms with Crippen molar-refractivity contribution in [1.82, 2.24) is 19.7 Å². The lowest BCUT2D eigenvalue weighted by molar-refractivity contribution is 0.0599. The van der Waals surface area contributed by atoms with Crippen molar-refractivity contribution in [3.8, 4) is 0 Å². The molecule has 1 amide bonds. The van der Waals surface area contributed by atoms with Crippen LogP contribution < -0.4 is 5.32 Å². The van der Waals surface area contributed by atoms with Gasteiger partial charge in [0, 0.05) is 18.1 Å². The summed E-state index contributed by atoms with van der Waals surface area (Å²) in [5.74, 6) is -0.784. The minimum atomic E-state index is -0.470. The molecule has 0 aliphatic rings. The Labute approximate surface area is 149 Å². The largest absolute Gasteiger partial charge is 0.465 e. The van der Waals surface area contributed by atoms with E-state index in [-0.39, 0.29) is 12.5 Å². The quantitative estimate of drug-likeness (QED) is 0.700. The molecule has 0 atom stereocenters. The van der Waals surface area contributed by atoms with Gasteiger partial charge in [-0.2, -0.15) is 0 Å². The van der Waals surface area contributed by atoms with Crippen LogP contribution in [-0.2, 0) is 11.3 Å². The zero-order valence-corrected chi connectivity index (χ0v) is 14.8. The standard InChI is InChI=1S/C17H17ClN4O3/c1-9-14(17(24)25-3)10(2)20-15(9)16(23)19-6-12-8-22-7-11(18)4-5-13(22)21-12/h4-5,7-8,20H,6H2,1-3H3,(H,19,23). The summed E-state index contributed by atoms with van der Waals surface area (Å²) in [5, 5.41) is 3.40. The third-order valence-electron chi connectivity index (χ3n) is 3.95. The number of fused-ring (bicyclic) bond motifs is 1. The van der Waals surface area contributed by atoms with Crippen molar-refractivity contribution >= 4 is 29.1 Å². The summed E-state index contributed by atoms with van der Waals surface area (Å²) in [6.07, 6.45) is 3.55. The van der Waals surface area contributed by atoms with Gasteiger partial charge in [-0.05, 0) is 31.5 Å². The first-order valence-electron chi connectivity index (χ1n) is 7.59. The number of aromatic nitrogens is 3. The topological polar surface area (TPSA) is 88.5 Å². The molecule has 0 aromatic carbocycles. The fourth-order valence-corrected chi connectivity index (χ4v) is 2.92. The van der Waals surface area contributed by atoms with Crippen molar-refractivity contribution in [2.45, 2.75) is 20.4 Å². The molecule has 8 heteroatoms. The fourth-order valence-electron chi connectivity index (χ4n) is 2.75. The Hall–Kier alpha value is -2.80. The van der Waals surface area contributed by atoms with Gasteiger partial charge in [0.15, 0.2) is 0 Å². The Kier molecular flexibility index (Phi) is 4.50. The number of hydrogen-bond donors (Lipinski definition) is 2. The molecule has 130 valence electrons. The van der Waals surface area contributed by atoms with Crippen molar-refractivity contribution < 1.29 is 14.3 Å². The number of ether oxygens (including phenoxy) is 1. The number of amides is 1. The molecule has 0 spiro atoms. The third kappa shape index (κ3) is 3.23. The lowest BCUT2D eigenvalue weighted by atomic mass is 10.1. The normalized spacial score (nSPS) is 10.9. The maximum Gasteiger partial charge on any atom is 0.339 e. The van der Waals surface area contributed by atoms with Crippen LogP contribution in [0.25, 0.3) is 5.65 Å². The first kappa shape index (κ1) is 17.0. The van der Waals surface area contributed by atoms with E-state index in [4.69, 9.17) is 16.3 Å². The lowest BCUT2D eigenvalue weighted by Gasteiger charge is -2.03. The summed E-state index contributed by atoms with van der Waals surface area (Å²) in [6, 6.07) is 3.56. The van der Waals surface area contributed by atoms with Crippen molar-refractivity contribution in [2.24, 2.45) is 0 Å². The molecular formula is C17H17ClN4O3. The maximum absolute atomic E-state index is 12.4. The second-order valence-electron chi connectivity index (χ2n) is 5.64. The molecule has 7 nitrogen and oxygen atoms in total. The molecule has 3 heterocycles. The van der Waals surface area contributed by atoms with Gasteiger partial charge in [-0.25, -0.2) is 9.78 Å². The summed E-state index contributed by atoms with van der Waals surface area (Å²) >= 11 is 5.95. The van der Waals surface area contributed by atoms with Crippen molar-refractivity contribution in [2.75, 3.05) is 7.11 Å². The van der Waals surface area contributed by atoms with E-state index in [2.05, 4.69) is 15.3 Å². The summed E-state index contributed by atoms with van der Waals surface area (Å²) in [6.45, 7) is 3.68. The number of halogens is 1. The zero-order chi connectivity index (χ0) is 18.1. The Bertz CT molecular complexity index is 974. The number of aromatic amines is 1. The first-order valence-corrected chi connectivity index (χ1v) is 7.97. The van der Waals surface area contributed by atoms with Crippen LogP contribution in [0, 0.1) is 13.8 Å². The Balaban J connectivity index is 1.77. The molecule has 3 aromatic rings. The van der Waals surface area contributed by atoms with Gasteiger partial charge in [0.25, 0.3) is 5.91 Å².